The van der Waals surface area contributed by atoms with Crippen LogP contribution in [0.2, 0.25) is 0 Å². The van der Waals surface area contributed by atoms with Crippen molar-refractivity contribution in [3.05, 3.63) is 0 Å². The predicted molar refractivity (Wildman–Crippen MR) is 69.6 cm³/mol. The Balaban J connectivity index is 2.11. The second-order valence-electron chi connectivity index (χ2n) is 5.29. The predicted octanol–water partition coefficient (Wildman–Crippen LogP) is 0.882. The first-order valence-electron chi connectivity index (χ1n) is 7.13. The molecule has 20 heavy (non-hydrogen) atoms. The van der Waals surface area contributed by atoms with Crippen LogP contribution in [0.1, 0.15) is 39.0 Å². The molecule has 0 aromatic rings. The van der Waals surface area contributed by atoms with Crippen molar-refractivity contribution in [1.82, 2.24) is 4.90 Å². The smallest absolute Gasteiger partial charge is 0.328 e. The number of carbonyl (C=O) groups is 3. The minimum atomic E-state index is -0.549. The fraction of sp³-hybridized carbons (Fsp3) is 0.786. The summed E-state index contributed by atoms with van der Waals surface area (Å²) in [5, 5.41) is 0. The molecule has 6 nitrogen and oxygen atoms in total. The highest BCUT2D eigenvalue weighted by atomic mass is 16.5. The van der Waals surface area contributed by atoms with Crippen molar-refractivity contribution in [2.45, 2.75) is 51.1 Å². The summed E-state index contributed by atoms with van der Waals surface area (Å²) >= 11 is 0. The van der Waals surface area contributed by atoms with Crippen molar-refractivity contribution >= 4 is 17.8 Å². The Morgan fingerprint density at radius 3 is 2.60 bits per heavy atom. The zero-order valence-electron chi connectivity index (χ0n) is 12.0. The molecular weight excluding hydrogens is 262 g/mol. The van der Waals surface area contributed by atoms with E-state index in [0.29, 0.717) is 25.4 Å². The van der Waals surface area contributed by atoms with Crippen LogP contribution in [0.3, 0.4) is 0 Å². The molecule has 2 atom stereocenters. The average Bonchev–Trinajstić information content (AvgIpc) is 3.19. The summed E-state index contributed by atoms with van der Waals surface area (Å²) in [5.74, 6) is -0.478. The number of hydrogen-bond acceptors (Lipinski definition) is 5. The Hall–Kier alpha value is -1.59. The number of ether oxygens (including phenoxy) is 2. The second-order valence-corrected chi connectivity index (χ2v) is 5.29. The number of amides is 1. The van der Waals surface area contributed by atoms with E-state index in [2.05, 4.69) is 0 Å². The lowest BCUT2D eigenvalue weighted by Gasteiger charge is -2.31. The number of hydrogen-bond donors (Lipinski definition) is 0. The van der Waals surface area contributed by atoms with E-state index < -0.39 is 12.0 Å². The Kier molecular flexibility index (Phi) is 4.62. The molecule has 1 amide bonds. The molecule has 2 aliphatic rings. The third-order valence-electron chi connectivity index (χ3n) is 3.93. The van der Waals surface area contributed by atoms with Crippen LogP contribution in [0.25, 0.3) is 0 Å². The highest BCUT2D eigenvalue weighted by Crippen LogP contribution is 2.40. The Bertz CT molecular complexity index is 404. The van der Waals surface area contributed by atoms with Crippen LogP contribution in [0.5, 0.6) is 0 Å². The molecular formula is C14H21NO5. The van der Waals surface area contributed by atoms with Gasteiger partial charge in [0.15, 0.2) is 0 Å². The van der Waals surface area contributed by atoms with Crippen LogP contribution in [0, 0.1) is 5.92 Å². The molecule has 0 N–H and O–H groups in total. The van der Waals surface area contributed by atoms with Gasteiger partial charge in [-0.1, -0.05) is 0 Å². The number of esters is 2. The van der Waals surface area contributed by atoms with Crippen molar-refractivity contribution in [3.63, 3.8) is 0 Å². The molecule has 1 aliphatic heterocycles. The zero-order valence-corrected chi connectivity index (χ0v) is 12.0. The van der Waals surface area contributed by atoms with Crippen molar-refractivity contribution in [2.24, 2.45) is 5.92 Å². The standard InChI is InChI=1S/C14H21NO5/c1-3-20-13(17)8-11(9-4-5-9)15-10(14(18)19-2)6-7-12(15)16/h9-11H,3-8H2,1-2H3. The van der Waals surface area contributed by atoms with Crippen LogP contribution < -0.4 is 0 Å². The van der Waals surface area contributed by atoms with E-state index >= 15 is 0 Å². The number of likely N-dealkylation sites (tertiary alicyclic amines) is 1. The minimum Gasteiger partial charge on any atom is -0.467 e. The molecule has 0 aromatic carbocycles. The van der Waals surface area contributed by atoms with Gasteiger partial charge in [-0.15, -0.1) is 0 Å². The van der Waals surface area contributed by atoms with Crippen molar-refractivity contribution < 1.29 is 23.9 Å². The summed E-state index contributed by atoms with van der Waals surface area (Å²) in [5.41, 5.74) is 0. The van der Waals surface area contributed by atoms with Gasteiger partial charge in [0.2, 0.25) is 5.91 Å². The Labute approximate surface area is 118 Å². The van der Waals surface area contributed by atoms with Gasteiger partial charge in [0.05, 0.1) is 20.1 Å². The monoisotopic (exact) mass is 283 g/mol. The van der Waals surface area contributed by atoms with Gasteiger partial charge in [-0.2, -0.15) is 0 Å². The maximum atomic E-state index is 12.1. The van der Waals surface area contributed by atoms with Crippen molar-refractivity contribution in [2.75, 3.05) is 13.7 Å². The number of methoxy groups -OCH3 is 1. The average molecular weight is 283 g/mol. The lowest BCUT2D eigenvalue weighted by molar-refractivity contribution is -0.154. The van der Waals surface area contributed by atoms with E-state index in [1.165, 1.54) is 7.11 Å². The molecule has 1 heterocycles. The van der Waals surface area contributed by atoms with Gasteiger partial charge in [-0.3, -0.25) is 9.59 Å². The third kappa shape index (κ3) is 3.11. The fourth-order valence-corrected chi connectivity index (χ4v) is 2.85. The highest BCUT2D eigenvalue weighted by Gasteiger charge is 2.47. The van der Waals surface area contributed by atoms with Crippen LogP contribution in [-0.4, -0.2) is 48.5 Å². The summed E-state index contributed by atoms with van der Waals surface area (Å²) in [6.07, 6.45) is 2.95. The van der Waals surface area contributed by atoms with Gasteiger partial charge in [-0.25, -0.2) is 4.79 Å². The maximum Gasteiger partial charge on any atom is 0.328 e. The summed E-state index contributed by atoms with van der Waals surface area (Å²) in [6, 6.07) is -0.777. The van der Waals surface area contributed by atoms with Gasteiger partial charge in [0.1, 0.15) is 6.04 Å². The molecule has 1 aliphatic carbocycles. The molecule has 0 bridgehead atoms. The highest BCUT2D eigenvalue weighted by molar-refractivity contribution is 5.89. The SMILES string of the molecule is CCOC(=O)CC(C1CC1)N1C(=O)CCC1C(=O)OC. The van der Waals surface area contributed by atoms with Gasteiger partial charge >= 0.3 is 11.9 Å². The number of carbonyl (C=O) groups excluding carboxylic acids is 3. The van der Waals surface area contributed by atoms with E-state index in [-0.39, 0.29) is 24.3 Å². The largest absolute Gasteiger partial charge is 0.467 e. The van der Waals surface area contributed by atoms with Crippen LogP contribution in [-0.2, 0) is 23.9 Å². The number of rotatable bonds is 6. The minimum absolute atomic E-state index is 0.0680. The van der Waals surface area contributed by atoms with Gasteiger partial charge in [-0.05, 0) is 32.1 Å². The summed E-state index contributed by atoms with van der Waals surface area (Å²) in [6.45, 7) is 2.08. The van der Waals surface area contributed by atoms with Crippen LogP contribution in [0.15, 0.2) is 0 Å². The summed E-state index contributed by atoms with van der Waals surface area (Å²) in [7, 11) is 1.32. The second kappa shape index (κ2) is 6.24. The van der Waals surface area contributed by atoms with Gasteiger partial charge < -0.3 is 14.4 Å². The Morgan fingerprint density at radius 1 is 1.35 bits per heavy atom. The molecule has 0 aromatic heterocycles. The van der Waals surface area contributed by atoms with E-state index in [1.54, 1.807) is 11.8 Å². The summed E-state index contributed by atoms with van der Waals surface area (Å²) in [4.78, 5) is 37.2. The molecule has 2 fully saturated rings. The Morgan fingerprint density at radius 2 is 2.05 bits per heavy atom. The quantitative estimate of drug-likeness (QED) is 0.677. The molecule has 2 unspecified atom stereocenters. The van der Waals surface area contributed by atoms with Gasteiger partial charge in [0.25, 0.3) is 0 Å². The lowest BCUT2D eigenvalue weighted by atomic mass is 10.1. The molecule has 0 spiro atoms. The van der Waals surface area contributed by atoms with Crippen molar-refractivity contribution in [3.8, 4) is 0 Å². The fourth-order valence-electron chi connectivity index (χ4n) is 2.85. The maximum absolute atomic E-state index is 12.1. The van der Waals surface area contributed by atoms with E-state index in [4.69, 9.17) is 9.47 Å². The first-order chi connectivity index (χ1) is 9.58. The van der Waals surface area contributed by atoms with Crippen molar-refractivity contribution in [1.29, 1.82) is 0 Å². The zero-order chi connectivity index (χ0) is 14.7. The lowest BCUT2D eigenvalue weighted by Crippen LogP contribution is -2.48. The van der Waals surface area contributed by atoms with E-state index in [9.17, 15) is 14.4 Å². The molecule has 0 radical (unpaired) electrons. The van der Waals surface area contributed by atoms with E-state index in [1.807, 2.05) is 0 Å². The van der Waals surface area contributed by atoms with Gasteiger partial charge in [0, 0.05) is 12.5 Å². The molecule has 2 rings (SSSR count). The topological polar surface area (TPSA) is 72.9 Å². The molecule has 112 valence electrons. The number of nitrogens with zero attached hydrogens (tertiary/aromatic N) is 1. The van der Waals surface area contributed by atoms with Crippen LogP contribution >= 0.6 is 0 Å². The molecule has 1 saturated carbocycles. The third-order valence-corrected chi connectivity index (χ3v) is 3.93. The first-order valence-corrected chi connectivity index (χ1v) is 7.13. The molecule has 6 heteroatoms. The first kappa shape index (κ1) is 14.8. The van der Waals surface area contributed by atoms with E-state index in [0.717, 1.165) is 12.8 Å². The molecule has 1 saturated heterocycles. The van der Waals surface area contributed by atoms with Crippen LogP contribution in [0.4, 0.5) is 0 Å². The normalized spacial score (nSPS) is 23.6. The summed E-state index contributed by atoms with van der Waals surface area (Å²) < 4.78 is 9.74.